The molecule has 1 aromatic rings. The molecule has 1 saturated heterocycles. The lowest BCUT2D eigenvalue weighted by Crippen LogP contribution is -2.41. The van der Waals surface area contributed by atoms with Crippen molar-refractivity contribution in [1.29, 1.82) is 0 Å². The summed E-state index contributed by atoms with van der Waals surface area (Å²) in [4.78, 5) is 0. The standard InChI is InChI=1S/C20H33BO4Si/c1-15(2)23-26(8,9)14-18(16-10-12-17(22-7)13-11-16)21-24-19(3,4)20(5,6)25-21/h10-15H,1-9H3/b18-14-. The summed E-state index contributed by atoms with van der Waals surface area (Å²) in [6.45, 7) is 16.8. The van der Waals surface area contributed by atoms with Crippen LogP contribution in [0.25, 0.3) is 5.47 Å². The van der Waals surface area contributed by atoms with E-state index in [1.165, 1.54) is 0 Å². The number of rotatable bonds is 6. The Hall–Kier alpha value is -1.08. The number of benzene rings is 1. The van der Waals surface area contributed by atoms with Crippen LogP contribution in [0.2, 0.25) is 13.1 Å². The van der Waals surface area contributed by atoms with E-state index in [4.69, 9.17) is 18.5 Å². The van der Waals surface area contributed by atoms with Gasteiger partial charge in [0, 0.05) is 6.10 Å². The third kappa shape index (κ3) is 4.80. The van der Waals surface area contributed by atoms with Gasteiger partial charge in [-0.15, -0.1) is 0 Å². The number of hydrogen-bond acceptors (Lipinski definition) is 4. The van der Waals surface area contributed by atoms with E-state index in [0.717, 1.165) is 16.8 Å². The quantitative estimate of drug-likeness (QED) is 0.663. The first-order valence-corrected chi connectivity index (χ1v) is 12.3. The molecule has 144 valence electrons. The van der Waals surface area contributed by atoms with E-state index < -0.39 is 15.4 Å². The molecular weight excluding hydrogens is 343 g/mol. The second kappa shape index (κ2) is 7.51. The largest absolute Gasteiger partial charge is 0.497 e. The van der Waals surface area contributed by atoms with Gasteiger partial charge in [-0.25, -0.2) is 0 Å². The maximum atomic E-state index is 6.33. The van der Waals surface area contributed by atoms with Crippen LogP contribution in [0.3, 0.4) is 0 Å². The molecule has 0 amide bonds. The molecule has 0 spiro atoms. The molecule has 0 aliphatic carbocycles. The lowest BCUT2D eigenvalue weighted by atomic mass is 9.75. The van der Waals surface area contributed by atoms with Crippen LogP contribution in [0.1, 0.15) is 47.1 Å². The third-order valence-electron chi connectivity index (χ3n) is 4.97. The van der Waals surface area contributed by atoms with Crippen molar-refractivity contribution in [1.82, 2.24) is 0 Å². The number of hydrogen-bond donors (Lipinski definition) is 0. The minimum Gasteiger partial charge on any atom is -0.497 e. The predicted molar refractivity (Wildman–Crippen MR) is 111 cm³/mol. The van der Waals surface area contributed by atoms with Gasteiger partial charge in [-0.3, -0.25) is 0 Å². The lowest BCUT2D eigenvalue weighted by molar-refractivity contribution is 0.00578. The SMILES string of the molecule is COc1ccc(/C(=C/[Si](C)(C)OC(C)C)B2OC(C)(C)C(C)(C)O2)cc1. The topological polar surface area (TPSA) is 36.9 Å². The summed E-state index contributed by atoms with van der Waals surface area (Å²) in [7, 11) is -0.795. The molecule has 1 fully saturated rings. The van der Waals surface area contributed by atoms with Gasteiger partial charge in [0.15, 0.2) is 0 Å². The Balaban J connectivity index is 2.45. The van der Waals surface area contributed by atoms with Crippen LogP contribution < -0.4 is 4.74 Å². The highest BCUT2D eigenvalue weighted by Gasteiger charge is 2.52. The van der Waals surface area contributed by atoms with E-state index in [1.54, 1.807) is 7.11 Å². The van der Waals surface area contributed by atoms with Gasteiger partial charge >= 0.3 is 7.12 Å². The monoisotopic (exact) mass is 376 g/mol. The maximum absolute atomic E-state index is 6.33. The predicted octanol–water partition coefficient (Wildman–Crippen LogP) is 4.88. The third-order valence-corrected chi connectivity index (χ3v) is 7.06. The van der Waals surface area contributed by atoms with Crippen molar-refractivity contribution in [2.75, 3.05) is 7.11 Å². The summed E-state index contributed by atoms with van der Waals surface area (Å²) < 4.78 is 24.2. The highest BCUT2D eigenvalue weighted by atomic mass is 28.4. The van der Waals surface area contributed by atoms with Crippen LogP contribution in [0.4, 0.5) is 0 Å². The fourth-order valence-electron chi connectivity index (χ4n) is 3.06. The fourth-order valence-corrected chi connectivity index (χ4v) is 5.39. The Morgan fingerprint density at radius 2 is 1.54 bits per heavy atom. The van der Waals surface area contributed by atoms with E-state index in [-0.39, 0.29) is 17.3 Å². The Labute approximate surface area is 160 Å². The zero-order chi connectivity index (χ0) is 19.8. The van der Waals surface area contributed by atoms with Crippen LogP contribution >= 0.6 is 0 Å². The van der Waals surface area contributed by atoms with Gasteiger partial charge < -0.3 is 18.5 Å². The Kier molecular flexibility index (Phi) is 6.13. The summed E-state index contributed by atoms with van der Waals surface area (Å²) in [5, 5.41) is 0. The van der Waals surface area contributed by atoms with E-state index >= 15 is 0 Å². The van der Waals surface area contributed by atoms with Crippen LogP contribution in [-0.2, 0) is 13.7 Å². The zero-order valence-electron chi connectivity index (χ0n) is 17.7. The zero-order valence-corrected chi connectivity index (χ0v) is 18.7. The van der Waals surface area contributed by atoms with E-state index in [0.29, 0.717) is 0 Å². The molecule has 0 atom stereocenters. The minimum atomic E-state index is -2.05. The van der Waals surface area contributed by atoms with Crippen LogP contribution in [0.5, 0.6) is 5.75 Å². The highest BCUT2D eigenvalue weighted by Crippen LogP contribution is 2.41. The normalized spacial score (nSPS) is 19.9. The van der Waals surface area contributed by atoms with Crippen molar-refractivity contribution in [3.8, 4) is 5.75 Å². The fraction of sp³-hybridized carbons (Fsp3) is 0.600. The van der Waals surface area contributed by atoms with E-state index in [9.17, 15) is 0 Å². The number of methoxy groups -OCH3 is 1. The van der Waals surface area contributed by atoms with Gasteiger partial charge in [0.05, 0.1) is 18.3 Å². The van der Waals surface area contributed by atoms with Crippen LogP contribution in [-0.4, -0.2) is 39.9 Å². The Morgan fingerprint density at radius 1 is 1.04 bits per heavy atom. The van der Waals surface area contributed by atoms with Crippen LogP contribution in [0.15, 0.2) is 30.0 Å². The highest BCUT2D eigenvalue weighted by molar-refractivity contribution is 6.82. The molecule has 0 aromatic heterocycles. The van der Waals surface area contributed by atoms with Gasteiger partial charge in [0.2, 0.25) is 8.32 Å². The van der Waals surface area contributed by atoms with Gasteiger partial charge in [0.25, 0.3) is 0 Å². The van der Waals surface area contributed by atoms with Crippen molar-refractivity contribution in [3.63, 3.8) is 0 Å². The lowest BCUT2D eigenvalue weighted by Gasteiger charge is -2.32. The molecule has 1 aliphatic rings. The van der Waals surface area contributed by atoms with Crippen molar-refractivity contribution in [3.05, 3.63) is 35.5 Å². The van der Waals surface area contributed by atoms with Crippen molar-refractivity contribution >= 4 is 20.9 Å². The van der Waals surface area contributed by atoms with Gasteiger partial charge in [0.1, 0.15) is 5.75 Å². The second-order valence-electron chi connectivity index (χ2n) is 8.69. The molecule has 0 saturated carbocycles. The second-order valence-corrected chi connectivity index (χ2v) is 12.4. The summed E-state index contributed by atoms with van der Waals surface area (Å²) >= 11 is 0. The van der Waals surface area contributed by atoms with Gasteiger partial charge in [-0.2, -0.15) is 0 Å². The Morgan fingerprint density at radius 3 is 1.96 bits per heavy atom. The summed E-state index contributed by atoms with van der Waals surface area (Å²) in [5.41, 5.74) is 3.58. The molecule has 2 rings (SSSR count). The summed E-state index contributed by atoms with van der Waals surface area (Å²) in [6, 6.07) is 8.03. The van der Waals surface area contributed by atoms with Crippen molar-refractivity contribution in [2.45, 2.75) is 71.9 Å². The first-order valence-electron chi connectivity index (χ1n) is 9.27. The number of ether oxygens (including phenoxy) is 1. The summed E-state index contributed by atoms with van der Waals surface area (Å²) in [6.07, 6.45) is 0.184. The maximum Gasteiger partial charge on any atom is 0.494 e. The van der Waals surface area contributed by atoms with E-state index in [2.05, 4.69) is 72.5 Å². The van der Waals surface area contributed by atoms with Gasteiger partial charge in [-0.05, 0) is 77.8 Å². The van der Waals surface area contributed by atoms with Crippen molar-refractivity contribution < 1.29 is 18.5 Å². The average Bonchev–Trinajstić information content (AvgIpc) is 2.72. The molecule has 0 radical (unpaired) electrons. The van der Waals surface area contributed by atoms with Crippen LogP contribution in [0, 0.1) is 0 Å². The van der Waals surface area contributed by atoms with Crippen molar-refractivity contribution in [2.24, 2.45) is 0 Å². The van der Waals surface area contributed by atoms with Gasteiger partial charge in [-0.1, -0.05) is 17.8 Å². The molecule has 26 heavy (non-hydrogen) atoms. The molecule has 6 heteroatoms. The molecule has 0 unspecified atom stereocenters. The summed E-state index contributed by atoms with van der Waals surface area (Å²) in [5.74, 6) is 0.831. The first kappa shape index (κ1) is 21.2. The molecule has 4 nitrogen and oxygen atoms in total. The first-order chi connectivity index (χ1) is 11.9. The smallest absolute Gasteiger partial charge is 0.494 e. The molecule has 0 N–H and O–H groups in total. The van der Waals surface area contributed by atoms with E-state index in [1.807, 2.05) is 12.1 Å². The molecule has 1 aliphatic heterocycles. The minimum absolute atomic E-state index is 0.184. The molecule has 1 heterocycles. The molecular formula is C20H33BO4Si. The molecule has 1 aromatic carbocycles. The Bertz CT molecular complexity index is 634. The average molecular weight is 376 g/mol. The molecule has 0 bridgehead atoms.